The Labute approximate surface area is 185 Å². The van der Waals surface area contributed by atoms with Gasteiger partial charge < -0.3 is 10.6 Å². The fraction of sp³-hybridized carbons (Fsp3) is 0.154. The highest BCUT2D eigenvalue weighted by Crippen LogP contribution is 2.28. The van der Waals surface area contributed by atoms with Gasteiger partial charge in [-0.15, -0.1) is 0 Å². The van der Waals surface area contributed by atoms with E-state index < -0.39 is 0 Å². The summed E-state index contributed by atoms with van der Waals surface area (Å²) >= 11 is 0. The van der Waals surface area contributed by atoms with E-state index in [1.807, 2.05) is 48.5 Å². The molecule has 1 aromatic heterocycles. The first-order valence-corrected chi connectivity index (χ1v) is 10.7. The lowest BCUT2D eigenvalue weighted by Gasteiger charge is -2.21. The molecule has 0 saturated carbocycles. The number of H-pyrrole nitrogens is 1. The van der Waals surface area contributed by atoms with Gasteiger partial charge in [0.15, 0.2) is 0 Å². The summed E-state index contributed by atoms with van der Waals surface area (Å²) in [7, 11) is 0. The molecule has 1 aliphatic rings. The van der Waals surface area contributed by atoms with E-state index in [-0.39, 0.29) is 23.7 Å². The van der Waals surface area contributed by atoms with Crippen molar-refractivity contribution >= 4 is 5.91 Å². The Bertz CT molecular complexity index is 1220. The standard InChI is InChI=1S/C26H23FN4O/c27-19-12-10-18(11-13-19)23-14-24(31-30-23)20-8-4-5-9-21(20)26(32)29-25-16-28-15-22(25)17-6-2-1-3-7-17/h1-14,22,25,28H,15-16H2,(H,29,32)(H,30,31)/t22-,25+/m0/s1. The summed E-state index contributed by atoms with van der Waals surface area (Å²) in [6.45, 7) is 1.56. The molecule has 1 aliphatic heterocycles. The highest BCUT2D eigenvalue weighted by molar-refractivity contribution is 6.00. The van der Waals surface area contributed by atoms with Crippen molar-refractivity contribution in [3.63, 3.8) is 0 Å². The number of carbonyl (C=O) groups is 1. The predicted molar refractivity (Wildman–Crippen MR) is 123 cm³/mol. The van der Waals surface area contributed by atoms with E-state index in [0.717, 1.165) is 29.9 Å². The zero-order valence-corrected chi connectivity index (χ0v) is 17.4. The maximum Gasteiger partial charge on any atom is 0.252 e. The van der Waals surface area contributed by atoms with Crippen LogP contribution in [0, 0.1) is 5.82 Å². The fourth-order valence-electron chi connectivity index (χ4n) is 4.27. The van der Waals surface area contributed by atoms with Gasteiger partial charge in [-0.3, -0.25) is 9.89 Å². The number of nitrogens with zero attached hydrogens (tertiary/aromatic N) is 1. The van der Waals surface area contributed by atoms with E-state index in [9.17, 15) is 9.18 Å². The van der Waals surface area contributed by atoms with Gasteiger partial charge in [-0.25, -0.2) is 4.39 Å². The first-order valence-electron chi connectivity index (χ1n) is 10.7. The van der Waals surface area contributed by atoms with E-state index in [4.69, 9.17) is 0 Å². The number of aromatic nitrogens is 2. The van der Waals surface area contributed by atoms with Crippen LogP contribution in [0.25, 0.3) is 22.5 Å². The Morgan fingerprint density at radius 2 is 1.69 bits per heavy atom. The molecule has 5 rings (SSSR count). The largest absolute Gasteiger partial charge is 0.347 e. The van der Waals surface area contributed by atoms with Crippen molar-refractivity contribution in [3.8, 4) is 22.5 Å². The lowest BCUT2D eigenvalue weighted by molar-refractivity contribution is 0.0937. The molecular weight excluding hydrogens is 403 g/mol. The molecule has 1 saturated heterocycles. The maximum atomic E-state index is 13.3. The number of hydrogen-bond donors (Lipinski definition) is 3. The maximum absolute atomic E-state index is 13.3. The third kappa shape index (κ3) is 4.05. The predicted octanol–water partition coefficient (Wildman–Crippen LogP) is 4.37. The van der Waals surface area contributed by atoms with E-state index >= 15 is 0 Å². The van der Waals surface area contributed by atoms with Crippen LogP contribution in [0.3, 0.4) is 0 Å². The molecule has 0 bridgehead atoms. The van der Waals surface area contributed by atoms with Gasteiger partial charge in [-0.05, 0) is 47.5 Å². The topological polar surface area (TPSA) is 69.8 Å². The third-order valence-electron chi connectivity index (χ3n) is 5.94. The molecule has 2 atom stereocenters. The quantitative estimate of drug-likeness (QED) is 0.444. The molecule has 0 unspecified atom stereocenters. The van der Waals surface area contributed by atoms with Crippen molar-refractivity contribution in [2.75, 3.05) is 13.1 Å². The average Bonchev–Trinajstić information content (AvgIpc) is 3.50. The van der Waals surface area contributed by atoms with E-state index in [1.165, 1.54) is 17.7 Å². The minimum absolute atomic E-state index is 0.00640. The van der Waals surface area contributed by atoms with Crippen LogP contribution in [0.15, 0.2) is 84.9 Å². The van der Waals surface area contributed by atoms with Crippen LogP contribution in [-0.2, 0) is 0 Å². The molecule has 0 radical (unpaired) electrons. The minimum atomic E-state index is -0.286. The van der Waals surface area contributed by atoms with Crippen LogP contribution < -0.4 is 10.6 Å². The summed E-state index contributed by atoms with van der Waals surface area (Å²) < 4.78 is 13.2. The lowest BCUT2D eigenvalue weighted by atomic mass is 9.94. The number of halogens is 1. The minimum Gasteiger partial charge on any atom is -0.347 e. The summed E-state index contributed by atoms with van der Waals surface area (Å²) in [5, 5.41) is 14.0. The Balaban J connectivity index is 1.39. The van der Waals surface area contributed by atoms with E-state index in [2.05, 4.69) is 33.0 Å². The molecule has 1 fully saturated rings. The monoisotopic (exact) mass is 426 g/mol. The molecule has 3 aromatic carbocycles. The summed E-state index contributed by atoms with van der Waals surface area (Å²) in [4.78, 5) is 13.3. The number of amides is 1. The lowest BCUT2D eigenvalue weighted by Crippen LogP contribution is -2.39. The van der Waals surface area contributed by atoms with Crippen molar-refractivity contribution in [3.05, 3.63) is 102 Å². The Kier molecular flexibility index (Phi) is 5.52. The van der Waals surface area contributed by atoms with E-state index in [0.29, 0.717) is 11.3 Å². The Hall–Kier alpha value is -3.77. The van der Waals surface area contributed by atoms with Gasteiger partial charge in [0.05, 0.1) is 11.4 Å². The van der Waals surface area contributed by atoms with Crippen LogP contribution in [0.2, 0.25) is 0 Å². The first-order chi connectivity index (χ1) is 15.7. The second kappa shape index (κ2) is 8.77. The zero-order chi connectivity index (χ0) is 21.9. The highest BCUT2D eigenvalue weighted by atomic mass is 19.1. The van der Waals surface area contributed by atoms with Crippen LogP contribution in [0.5, 0.6) is 0 Å². The van der Waals surface area contributed by atoms with Gasteiger partial charge >= 0.3 is 0 Å². The molecule has 0 spiro atoms. The van der Waals surface area contributed by atoms with Gasteiger partial charge in [-0.1, -0.05) is 48.5 Å². The van der Waals surface area contributed by atoms with Gasteiger partial charge in [-0.2, -0.15) is 5.10 Å². The third-order valence-corrected chi connectivity index (χ3v) is 5.94. The summed E-state index contributed by atoms with van der Waals surface area (Å²) in [6, 6.07) is 25.8. The van der Waals surface area contributed by atoms with Crippen LogP contribution >= 0.6 is 0 Å². The van der Waals surface area contributed by atoms with Crippen LogP contribution in [-0.4, -0.2) is 35.2 Å². The van der Waals surface area contributed by atoms with Gasteiger partial charge in [0.1, 0.15) is 5.82 Å². The van der Waals surface area contributed by atoms with Crippen molar-refractivity contribution in [2.45, 2.75) is 12.0 Å². The number of carbonyl (C=O) groups excluding carboxylic acids is 1. The molecule has 160 valence electrons. The molecule has 2 heterocycles. The van der Waals surface area contributed by atoms with E-state index in [1.54, 1.807) is 12.1 Å². The molecule has 0 aliphatic carbocycles. The number of rotatable bonds is 5. The van der Waals surface area contributed by atoms with Gasteiger partial charge in [0.25, 0.3) is 5.91 Å². The number of nitrogens with one attached hydrogen (secondary N) is 3. The molecule has 32 heavy (non-hydrogen) atoms. The summed E-state index contributed by atoms with van der Waals surface area (Å²) in [6.07, 6.45) is 0. The molecule has 3 N–H and O–H groups in total. The molecule has 1 amide bonds. The normalized spacial score (nSPS) is 17.9. The number of hydrogen-bond acceptors (Lipinski definition) is 3. The number of aromatic amines is 1. The molecule has 6 heteroatoms. The average molecular weight is 426 g/mol. The first kappa shape index (κ1) is 20.2. The zero-order valence-electron chi connectivity index (χ0n) is 17.4. The highest BCUT2D eigenvalue weighted by Gasteiger charge is 2.30. The van der Waals surface area contributed by atoms with Crippen LogP contribution in [0.4, 0.5) is 4.39 Å². The van der Waals surface area contributed by atoms with Crippen molar-refractivity contribution in [1.29, 1.82) is 0 Å². The Morgan fingerprint density at radius 3 is 2.50 bits per heavy atom. The molecule has 4 aromatic rings. The molecule has 5 nitrogen and oxygen atoms in total. The Morgan fingerprint density at radius 1 is 0.938 bits per heavy atom. The second-order valence-electron chi connectivity index (χ2n) is 7.97. The van der Waals surface area contributed by atoms with Crippen LogP contribution in [0.1, 0.15) is 21.8 Å². The fourth-order valence-corrected chi connectivity index (χ4v) is 4.27. The van der Waals surface area contributed by atoms with Crippen molar-refractivity contribution in [2.24, 2.45) is 0 Å². The smallest absolute Gasteiger partial charge is 0.252 e. The SMILES string of the molecule is O=C(N[C@@H]1CNC[C@H]1c1ccccc1)c1ccccc1-c1cc(-c2ccc(F)cc2)[nH]n1. The van der Waals surface area contributed by atoms with Gasteiger partial charge in [0.2, 0.25) is 0 Å². The summed E-state index contributed by atoms with van der Waals surface area (Å²) in [5.74, 6) is -0.185. The second-order valence-corrected chi connectivity index (χ2v) is 7.97. The molecular formula is C26H23FN4O. The van der Waals surface area contributed by atoms with Gasteiger partial charge in [0, 0.05) is 36.2 Å². The van der Waals surface area contributed by atoms with Crippen molar-refractivity contribution in [1.82, 2.24) is 20.8 Å². The summed E-state index contributed by atoms with van der Waals surface area (Å²) in [5.41, 5.74) is 4.79. The van der Waals surface area contributed by atoms with Crippen molar-refractivity contribution < 1.29 is 9.18 Å². The number of benzene rings is 3.